The van der Waals surface area contributed by atoms with E-state index in [1.165, 1.54) is 0 Å². The molecule has 0 atom stereocenters. The lowest BCUT2D eigenvalue weighted by atomic mass is 10.1. The van der Waals surface area contributed by atoms with Gasteiger partial charge in [-0.2, -0.15) is 0 Å². The molecule has 0 unspecified atom stereocenters. The lowest BCUT2D eigenvalue weighted by Crippen LogP contribution is -2.02. The van der Waals surface area contributed by atoms with E-state index >= 15 is 0 Å². The Kier molecular flexibility index (Phi) is 5.20. The molecule has 3 N–H and O–H groups in total. The van der Waals surface area contributed by atoms with Crippen LogP contribution in [-0.4, -0.2) is 10.1 Å². The topological polar surface area (TPSA) is 77.0 Å². The Morgan fingerprint density at radius 2 is 1.76 bits per heavy atom. The minimum atomic E-state index is -0.487. The third-order valence-electron chi connectivity index (χ3n) is 4.48. The maximum Gasteiger partial charge on any atom is 0.170 e. The molecule has 0 amide bonds. The Balaban J connectivity index is 1.40. The Hall–Kier alpha value is -3.74. The molecule has 4 rings (SSSR count). The largest absolute Gasteiger partial charge is 0.383 e. The molecule has 0 aliphatic heterocycles. The zero-order valence-corrected chi connectivity index (χ0v) is 15.4. The number of aromatic nitrogens is 2. The molecule has 2 aromatic heterocycles. The van der Waals surface area contributed by atoms with E-state index in [9.17, 15) is 8.78 Å². The second-order valence-electron chi connectivity index (χ2n) is 6.59. The summed E-state index contributed by atoms with van der Waals surface area (Å²) in [5, 5.41) is 7.00. The molecular formula is C22H18F2N4O. The van der Waals surface area contributed by atoms with Gasteiger partial charge in [0.25, 0.3) is 0 Å². The third kappa shape index (κ3) is 4.40. The van der Waals surface area contributed by atoms with Crippen LogP contribution in [0.25, 0.3) is 11.3 Å². The molecule has 0 aliphatic carbocycles. The van der Waals surface area contributed by atoms with Crippen molar-refractivity contribution in [2.75, 3.05) is 11.1 Å². The van der Waals surface area contributed by atoms with Gasteiger partial charge in [0.2, 0.25) is 0 Å². The number of hydrogen-bond acceptors (Lipinski definition) is 5. The fourth-order valence-corrected chi connectivity index (χ4v) is 2.96. The van der Waals surface area contributed by atoms with Crippen molar-refractivity contribution < 1.29 is 13.3 Å². The summed E-state index contributed by atoms with van der Waals surface area (Å²) in [6.45, 7) is 0.384. The number of nitrogens with one attached hydrogen (secondary N) is 1. The van der Waals surface area contributed by atoms with Gasteiger partial charge in [0, 0.05) is 25.2 Å². The normalized spacial score (nSPS) is 10.8. The molecule has 0 bridgehead atoms. The zero-order chi connectivity index (χ0) is 20.2. The van der Waals surface area contributed by atoms with Gasteiger partial charge in [-0.05, 0) is 41.5 Å². The molecule has 5 nitrogen and oxygen atoms in total. The van der Waals surface area contributed by atoms with Crippen molar-refractivity contribution in [2.45, 2.75) is 13.0 Å². The summed E-state index contributed by atoms with van der Waals surface area (Å²) < 4.78 is 32.3. The lowest BCUT2D eigenvalue weighted by molar-refractivity contribution is 0.425. The van der Waals surface area contributed by atoms with Gasteiger partial charge in [-0.1, -0.05) is 29.4 Å². The van der Waals surface area contributed by atoms with Crippen molar-refractivity contribution in [2.24, 2.45) is 0 Å². The number of hydrogen-bond donors (Lipinski definition) is 2. The smallest absolute Gasteiger partial charge is 0.170 e. The van der Waals surface area contributed by atoms with Crippen LogP contribution in [0.5, 0.6) is 0 Å². The second kappa shape index (κ2) is 8.10. The van der Waals surface area contributed by atoms with Crippen LogP contribution in [0, 0.1) is 11.6 Å². The van der Waals surface area contributed by atoms with Crippen molar-refractivity contribution >= 4 is 11.5 Å². The minimum absolute atomic E-state index is 0.138. The number of nitrogen functional groups attached to an aromatic ring is 1. The standard InChI is InChI=1S/C22H18F2N4O/c23-16-7-8-19(24)20(11-16)27-13-15-5-3-14(4-6-15)10-17-12-21(29-28-17)18-2-1-9-26-22(18)25/h1-9,11-12,27H,10,13H2,(H2,25,26). The van der Waals surface area contributed by atoms with Crippen molar-refractivity contribution in [3.63, 3.8) is 0 Å². The van der Waals surface area contributed by atoms with E-state index in [0.717, 1.165) is 35.0 Å². The van der Waals surface area contributed by atoms with Gasteiger partial charge in [-0.25, -0.2) is 13.8 Å². The molecule has 0 spiro atoms. The van der Waals surface area contributed by atoms with Crippen molar-refractivity contribution in [1.29, 1.82) is 0 Å². The summed E-state index contributed by atoms with van der Waals surface area (Å²) in [6, 6.07) is 16.6. The second-order valence-corrected chi connectivity index (χ2v) is 6.59. The molecular weight excluding hydrogens is 374 g/mol. The molecule has 0 radical (unpaired) electrons. The number of halogens is 2. The van der Waals surface area contributed by atoms with E-state index in [1.54, 1.807) is 12.3 Å². The van der Waals surface area contributed by atoms with Crippen LogP contribution in [0.4, 0.5) is 20.3 Å². The predicted octanol–water partition coefficient (Wildman–Crippen LogP) is 4.80. The molecule has 0 aliphatic rings. The fourth-order valence-electron chi connectivity index (χ4n) is 2.96. The van der Waals surface area contributed by atoms with Crippen molar-refractivity contribution in [1.82, 2.24) is 10.1 Å². The minimum Gasteiger partial charge on any atom is -0.383 e. The van der Waals surface area contributed by atoms with E-state index < -0.39 is 11.6 Å². The molecule has 0 fully saturated rings. The van der Waals surface area contributed by atoms with Crippen LogP contribution in [0.15, 0.2) is 71.4 Å². The number of benzene rings is 2. The van der Waals surface area contributed by atoms with Gasteiger partial charge in [-0.3, -0.25) is 0 Å². The van der Waals surface area contributed by atoms with E-state index in [2.05, 4.69) is 15.5 Å². The SMILES string of the molecule is Nc1ncccc1-c1cc(Cc2ccc(CNc3cc(F)ccc3F)cc2)no1. The first-order chi connectivity index (χ1) is 14.1. The number of rotatable bonds is 6. The first-order valence-electron chi connectivity index (χ1n) is 9.02. The summed E-state index contributed by atoms with van der Waals surface area (Å²) in [4.78, 5) is 4.05. The van der Waals surface area contributed by atoms with Gasteiger partial charge in [0.15, 0.2) is 5.76 Å². The van der Waals surface area contributed by atoms with E-state index in [1.807, 2.05) is 36.4 Å². The Morgan fingerprint density at radius 1 is 0.966 bits per heavy atom. The van der Waals surface area contributed by atoms with E-state index in [0.29, 0.717) is 30.1 Å². The highest BCUT2D eigenvalue weighted by Gasteiger charge is 2.11. The molecule has 2 aromatic carbocycles. The quantitative estimate of drug-likeness (QED) is 0.493. The maximum absolute atomic E-state index is 13.7. The van der Waals surface area contributed by atoms with E-state index in [4.69, 9.17) is 10.3 Å². The zero-order valence-electron chi connectivity index (χ0n) is 15.4. The molecule has 29 heavy (non-hydrogen) atoms. The molecule has 0 saturated carbocycles. The van der Waals surface area contributed by atoms with Crippen LogP contribution in [0.3, 0.4) is 0 Å². The molecule has 4 aromatic rings. The summed E-state index contributed by atoms with van der Waals surface area (Å²) in [5.41, 5.74) is 9.48. The highest BCUT2D eigenvalue weighted by molar-refractivity contribution is 5.69. The van der Waals surface area contributed by atoms with Crippen LogP contribution >= 0.6 is 0 Å². The maximum atomic E-state index is 13.7. The average Bonchev–Trinajstić information content (AvgIpc) is 3.18. The number of nitrogens with zero attached hydrogens (tertiary/aromatic N) is 2. The highest BCUT2D eigenvalue weighted by Crippen LogP contribution is 2.25. The summed E-state index contributed by atoms with van der Waals surface area (Å²) >= 11 is 0. The number of pyridine rings is 1. The lowest BCUT2D eigenvalue weighted by Gasteiger charge is -2.08. The van der Waals surface area contributed by atoms with Gasteiger partial charge in [-0.15, -0.1) is 0 Å². The Morgan fingerprint density at radius 3 is 2.55 bits per heavy atom. The van der Waals surface area contributed by atoms with Gasteiger partial charge in [0.1, 0.15) is 17.5 Å². The van der Waals surface area contributed by atoms with Crippen LogP contribution < -0.4 is 11.1 Å². The van der Waals surface area contributed by atoms with Crippen LogP contribution in [-0.2, 0) is 13.0 Å². The number of nitrogens with two attached hydrogens (primary N) is 1. The van der Waals surface area contributed by atoms with Crippen molar-refractivity contribution in [3.05, 3.63) is 95.3 Å². The van der Waals surface area contributed by atoms with Gasteiger partial charge < -0.3 is 15.6 Å². The Bertz CT molecular complexity index is 1130. The summed E-state index contributed by atoms with van der Waals surface area (Å²) in [7, 11) is 0. The third-order valence-corrected chi connectivity index (χ3v) is 4.48. The molecule has 2 heterocycles. The summed E-state index contributed by atoms with van der Waals surface area (Å²) in [5.74, 6) is -0.00583. The average molecular weight is 392 g/mol. The van der Waals surface area contributed by atoms with Gasteiger partial charge in [0.05, 0.1) is 16.9 Å². The van der Waals surface area contributed by atoms with Crippen LogP contribution in [0.1, 0.15) is 16.8 Å². The van der Waals surface area contributed by atoms with Crippen molar-refractivity contribution in [3.8, 4) is 11.3 Å². The summed E-state index contributed by atoms with van der Waals surface area (Å²) in [6.07, 6.45) is 2.21. The molecule has 0 saturated heterocycles. The first kappa shape index (κ1) is 18.6. The fraction of sp³-hybridized carbons (Fsp3) is 0.0909. The predicted molar refractivity (Wildman–Crippen MR) is 107 cm³/mol. The molecule has 146 valence electrons. The van der Waals surface area contributed by atoms with E-state index in [-0.39, 0.29) is 5.69 Å². The van der Waals surface area contributed by atoms with Gasteiger partial charge >= 0.3 is 0 Å². The van der Waals surface area contributed by atoms with Crippen LogP contribution in [0.2, 0.25) is 0 Å². The first-order valence-corrected chi connectivity index (χ1v) is 9.02. The highest BCUT2D eigenvalue weighted by atomic mass is 19.1. The Labute approximate surface area is 166 Å². The monoisotopic (exact) mass is 392 g/mol. The molecule has 7 heteroatoms. The number of anilines is 2.